The van der Waals surface area contributed by atoms with Gasteiger partial charge in [0.05, 0.1) is 7.11 Å². The highest BCUT2D eigenvalue weighted by Gasteiger charge is 2.25. The van der Waals surface area contributed by atoms with Crippen LogP contribution in [0.3, 0.4) is 0 Å². The molecule has 0 bridgehead atoms. The molecule has 1 aromatic carbocycles. The van der Waals surface area contributed by atoms with Crippen LogP contribution in [0.4, 0.5) is 5.69 Å². The Balaban J connectivity index is 1.49. The molecular formula is C18H26N2O2. The van der Waals surface area contributed by atoms with Crippen LogP contribution in [0, 0.1) is 5.92 Å². The van der Waals surface area contributed by atoms with Gasteiger partial charge in [-0.1, -0.05) is 12.8 Å². The van der Waals surface area contributed by atoms with E-state index >= 15 is 0 Å². The zero-order valence-corrected chi connectivity index (χ0v) is 13.5. The Morgan fingerprint density at radius 3 is 2.32 bits per heavy atom. The molecule has 1 saturated heterocycles. The van der Waals surface area contributed by atoms with E-state index in [-0.39, 0.29) is 0 Å². The van der Waals surface area contributed by atoms with Crippen molar-refractivity contribution < 1.29 is 9.53 Å². The molecule has 0 N–H and O–H groups in total. The van der Waals surface area contributed by atoms with Crippen molar-refractivity contribution in [3.63, 3.8) is 0 Å². The normalized spacial score (nSPS) is 19.5. The topological polar surface area (TPSA) is 32.8 Å². The summed E-state index contributed by atoms with van der Waals surface area (Å²) in [5.41, 5.74) is 1.21. The minimum atomic E-state index is 0.362. The second-order valence-corrected chi connectivity index (χ2v) is 6.42. The first kappa shape index (κ1) is 15.2. The van der Waals surface area contributed by atoms with E-state index in [9.17, 15) is 4.79 Å². The van der Waals surface area contributed by atoms with E-state index in [2.05, 4.69) is 21.9 Å². The van der Waals surface area contributed by atoms with Crippen molar-refractivity contribution in [1.29, 1.82) is 0 Å². The number of ether oxygens (including phenoxy) is 1. The molecule has 1 aliphatic carbocycles. The fourth-order valence-corrected chi connectivity index (χ4v) is 3.60. The standard InChI is InChI=1S/C18H26N2O2/c1-22-17-8-6-16(7-9-17)19-10-12-20(13-11-19)18(21)14-15-4-2-3-5-15/h6-9,15H,2-5,10-14H2,1H3. The molecule has 0 radical (unpaired) electrons. The zero-order valence-electron chi connectivity index (χ0n) is 13.5. The molecule has 1 aliphatic heterocycles. The summed E-state index contributed by atoms with van der Waals surface area (Å²) in [6, 6.07) is 8.17. The Hall–Kier alpha value is -1.71. The van der Waals surface area contributed by atoms with Gasteiger partial charge in [-0.2, -0.15) is 0 Å². The van der Waals surface area contributed by atoms with Crippen LogP contribution < -0.4 is 9.64 Å². The molecule has 0 unspecified atom stereocenters. The third kappa shape index (κ3) is 3.54. The Bertz CT molecular complexity index is 486. The van der Waals surface area contributed by atoms with Crippen LogP contribution in [-0.4, -0.2) is 44.1 Å². The maximum atomic E-state index is 12.4. The summed E-state index contributed by atoms with van der Waals surface area (Å²) in [5, 5.41) is 0. The highest BCUT2D eigenvalue weighted by molar-refractivity contribution is 5.76. The van der Waals surface area contributed by atoms with Gasteiger partial charge < -0.3 is 14.5 Å². The van der Waals surface area contributed by atoms with Gasteiger partial charge in [0.15, 0.2) is 0 Å². The van der Waals surface area contributed by atoms with Crippen LogP contribution in [0.1, 0.15) is 32.1 Å². The van der Waals surface area contributed by atoms with E-state index in [0.29, 0.717) is 11.8 Å². The van der Waals surface area contributed by atoms with Crippen LogP contribution >= 0.6 is 0 Å². The van der Waals surface area contributed by atoms with Gasteiger partial charge in [-0.3, -0.25) is 4.79 Å². The summed E-state index contributed by atoms with van der Waals surface area (Å²) in [4.78, 5) is 16.8. The summed E-state index contributed by atoms with van der Waals surface area (Å²) < 4.78 is 5.20. The van der Waals surface area contributed by atoms with Crippen molar-refractivity contribution in [2.24, 2.45) is 5.92 Å². The third-order valence-electron chi connectivity index (χ3n) is 5.01. The highest BCUT2D eigenvalue weighted by Crippen LogP contribution is 2.28. The number of benzene rings is 1. The van der Waals surface area contributed by atoms with Gasteiger partial charge in [0.1, 0.15) is 5.75 Å². The van der Waals surface area contributed by atoms with Gasteiger partial charge in [-0.15, -0.1) is 0 Å². The maximum Gasteiger partial charge on any atom is 0.222 e. The number of hydrogen-bond acceptors (Lipinski definition) is 3. The zero-order chi connectivity index (χ0) is 15.4. The second kappa shape index (κ2) is 7.03. The SMILES string of the molecule is COc1ccc(N2CCN(C(=O)CC3CCCC3)CC2)cc1. The van der Waals surface area contributed by atoms with Gasteiger partial charge in [0.25, 0.3) is 0 Å². The van der Waals surface area contributed by atoms with Crippen molar-refractivity contribution >= 4 is 11.6 Å². The molecule has 4 nitrogen and oxygen atoms in total. The molecule has 0 atom stereocenters. The average molecular weight is 302 g/mol. The number of anilines is 1. The van der Waals surface area contributed by atoms with Crippen molar-refractivity contribution in [2.45, 2.75) is 32.1 Å². The highest BCUT2D eigenvalue weighted by atomic mass is 16.5. The third-order valence-corrected chi connectivity index (χ3v) is 5.01. The second-order valence-electron chi connectivity index (χ2n) is 6.42. The molecule has 1 aromatic rings. The lowest BCUT2D eigenvalue weighted by atomic mass is 10.0. The molecule has 0 spiro atoms. The fraction of sp³-hybridized carbons (Fsp3) is 0.611. The van der Waals surface area contributed by atoms with Crippen molar-refractivity contribution in [3.05, 3.63) is 24.3 Å². The van der Waals surface area contributed by atoms with Crippen LogP contribution in [0.5, 0.6) is 5.75 Å². The quantitative estimate of drug-likeness (QED) is 0.857. The number of piperazine rings is 1. The van der Waals surface area contributed by atoms with E-state index in [1.165, 1.54) is 31.4 Å². The molecule has 22 heavy (non-hydrogen) atoms. The summed E-state index contributed by atoms with van der Waals surface area (Å²) in [7, 11) is 1.68. The molecule has 1 saturated carbocycles. The average Bonchev–Trinajstić information content (AvgIpc) is 3.08. The summed E-state index contributed by atoms with van der Waals surface area (Å²) >= 11 is 0. The minimum Gasteiger partial charge on any atom is -0.497 e. The Kier molecular flexibility index (Phi) is 4.86. The predicted molar refractivity (Wildman–Crippen MR) is 88.4 cm³/mol. The minimum absolute atomic E-state index is 0.362. The van der Waals surface area contributed by atoms with Crippen LogP contribution in [0.25, 0.3) is 0 Å². The molecular weight excluding hydrogens is 276 g/mol. The molecule has 2 aliphatic rings. The Morgan fingerprint density at radius 2 is 1.73 bits per heavy atom. The number of hydrogen-bond donors (Lipinski definition) is 0. The van der Waals surface area contributed by atoms with E-state index in [0.717, 1.165) is 38.3 Å². The van der Waals surface area contributed by atoms with Gasteiger partial charge in [0, 0.05) is 38.3 Å². The maximum absolute atomic E-state index is 12.4. The number of methoxy groups -OCH3 is 1. The Morgan fingerprint density at radius 1 is 1.09 bits per heavy atom. The van der Waals surface area contributed by atoms with E-state index in [4.69, 9.17) is 4.74 Å². The summed E-state index contributed by atoms with van der Waals surface area (Å²) in [6.45, 7) is 3.53. The van der Waals surface area contributed by atoms with E-state index < -0.39 is 0 Å². The fourth-order valence-electron chi connectivity index (χ4n) is 3.60. The molecule has 120 valence electrons. The smallest absolute Gasteiger partial charge is 0.222 e. The molecule has 0 aromatic heterocycles. The first-order valence-corrected chi connectivity index (χ1v) is 8.43. The van der Waals surface area contributed by atoms with Crippen molar-refractivity contribution in [1.82, 2.24) is 4.90 Å². The van der Waals surface area contributed by atoms with Crippen LogP contribution in [0.15, 0.2) is 24.3 Å². The number of nitrogens with zero attached hydrogens (tertiary/aromatic N) is 2. The monoisotopic (exact) mass is 302 g/mol. The van der Waals surface area contributed by atoms with Gasteiger partial charge >= 0.3 is 0 Å². The molecule has 1 heterocycles. The van der Waals surface area contributed by atoms with E-state index in [1.54, 1.807) is 7.11 Å². The molecule has 1 amide bonds. The largest absolute Gasteiger partial charge is 0.497 e. The number of carbonyl (C=O) groups is 1. The lowest BCUT2D eigenvalue weighted by Gasteiger charge is -2.36. The van der Waals surface area contributed by atoms with Gasteiger partial charge in [-0.25, -0.2) is 0 Å². The van der Waals surface area contributed by atoms with Crippen LogP contribution in [0.2, 0.25) is 0 Å². The first-order valence-electron chi connectivity index (χ1n) is 8.43. The molecule has 4 heteroatoms. The molecule has 2 fully saturated rings. The first-order chi connectivity index (χ1) is 10.8. The predicted octanol–water partition coefficient (Wildman–Crippen LogP) is 2.92. The van der Waals surface area contributed by atoms with Crippen molar-refractivity contribution in [3.8, 4) is 5.75 Å². The summed E-state index contributed by atoms with van der Waals surface area (Å²) in [6.07, 6.45) is 5.88. The number of carbonyl (C=O) groups excluding carboxylic acids is 1. The number of rotatable bonds is 4. The van der Waals surface area contributed by atoms with Crippen molar-refractivity contribution in [2.75, 3.05) is 38.2 Å². The number of amides is 1. The van der Waals surface area contributed by atoms with Gasteiger partial charge in [-0.05, 0) is 43.0 Å². The summed E-state index contributed by atoms with van der Waals surface area (Å²) in [5.74, 6) is 1.89. The van der Waals surface area contributed by atoms with E-state index in [1.807, 2.05) is 12.1 Å². The van der Waals surface area contributed by atoms with Gasteiger partial charge in [0.2, 0.25) is 5.91 Å². The Labute approximate surface area is 133 Å². The van der Waals surface area contributed by atoms with Crippen LogP contribution in [-0.2, 0) is 4.79 Å². The lowest BCUT2D eigenvalue weighted by Crippen LogP contribution is -2.49. The molecule has 3 rings (SSSR count). The lowest BCUT2D eigenvalue weighted by molar-refractivity contribution is -0.132.